The number of hydrogen-bond acceptors (Lipinski definition) is 4. The van der Waals surface area contributed by atoms with Gasteiger partial charge in [0.2, 0.25) is 0 Å². The van der Waals surface area contributed by atoms with E-state index in [1.165, 1.54) is 28.8 Å². The lowest BCUT2D eigenvalue weighted by atomic mass is 10.2. The molecular weight excluding hydrogens is 356 g/mol. The van der Waals surface area contributed by atoms with E-state index in [1.54, 1.807) is 12.1 Å². The van der Waals surface area contributed by atoms with E-state index < -0.39 is 10.5 Å². The second kappa shape index (κ2) is 6.52. The van der Waals surface area contributed by atoms with Gasteiger partial charge < -0.3 is 4.57 Å². The molecule has 136 valence electrons. The minimum atomic E-state index is -0.496. The van der Waals surface area contributed by atoms with Crippen LogP contribution in [0.25, 0.3) is 27.6 Å². The number of fused-ring (bicyclic) bond motifs is 3. The van der Waals surface area contributed by atoms with Crippen LogP contribution in [0.2, 0.25) is 0 Å². The molecule has 4 rings (SSSR count). The zero-order valence-electron chi connectivity index (χ0n) is 14.7. The number of nitro benzene ring substituents is 1. The van der Waals surface area contributed by atoms with Gasteiger partial charge in [0.15, 0.2) is 0 Å². The molecule has 0 amide bonds. The van der Waals surface area contributed by atoms with Gasteiger partial charge in [0.05, 0.1) is 21.5 Å². The molecule has 4 aromatic rings. The quantitative estimate of drug-likeness (QED) is 0.309. The Morgan fingerprint density at radius 2 is 1.86 bits per heavy atom. The number of pyridine rings is 1. The van der Waals surface area contributed by atoms with Crippen LogP contribution in [0.15, 0.2) is 72.0 Å². The van der Waals surface area contributed by atoms with Crippen LogP contribution >= 0.6 is 0 Å². The van der Waals surface area contributed by atoms with E-state index in [-0.39, 0.29) is 11.3 Å². The zero-order valence-corrected chi connectivity index (χ0v) is 14.7. The first-order valence-electron chi connectivity index (χ1n) is 8.49. The highest BCUT2D eigenvalue weighted by Gasteiger charge is 2.19. The fraction of sp³-hybridized carbons (Fsp3) is 0.0476. The van der Waals surface area contributed by atoms with Crippen LogP contribution in [0.3, 0.4) is 0 Å². The maximum absolute atomic E-state index is 13.0. The first-order chi connectivity index (χ1) is 13.6. The highest BCUT2D eigenvalue weighted by Crippen LogP contribution is 2.30. The van der Waals surface area contributed by atoms with E-state index in [9.17, 15) is 20.2 Å². The fourth-order valence-electron chi connectivity index (χ4n) is 3.48. The molecule has 28 heavy (non-hydrogen) atoms. The Morgan fingerprint density at radius 3 is 2.50 bits per heavy atom. The van der Waals surface area contributed by atoms with E-state index in [4.69, 9.17) is 0 Å². The number of nitrogens with zero attached hydrogens (tertiary/aromatic N) is 4. The SMILES string of the molecule is C=CCn1c2ccccc2c2c1cc(C#N)c(=O)n2-c1ccc([N+](=O)[O-])cc1. The number of non-ortho nitro benzene ring substituents is 1. The molecule has 0 fully saturated rings. The van der Waals surface area contributed by atoms with Crippen molar-refractivity contribution in [2.75, 3.05) is 0 Å². The van der Waals surface area contributed by atoms with Crippen LogP contribution in [0, 0.1) is 21.4 Å². The molecule has 0 saturated carbocycles. The number of aromatic nitrogens is 2. The fourth-order valence-corrected chi connectivity index (χ4v) is 3.48. The summed E-state index contributed by atoms with van der Waals surface area (Å²) in [6.07, 6.45) is 1.75. The molecule has 2 heterocycles. The standard InChI is InChI=1S/C21H14N4O3/c1-2-11-23-18-6-4-3-5-17(18)20-19(23)12-14(13-22)21(26)24(20)15-7-9-16(10-8-15)25(27)28/h2-10,12H,1,11H2. The van der Waals surface area contributed by atoms with Crippen molar-refractivity contribution in [2.45, 2.75) is 6.54 Å². The predicted molar refractivity (Wildman–Crippen MR) is 107 cm³/mol. The summed E-state index contributed by atoms with van der Waals surface area (Å²) in [6, 6.07) is 16.9. The van der Waals surface area contributed by atoms with Gasteiger partial charge in [0, 0.05) is 29.8 Å². The molecule has 7 nitrogen and oxygen atoms in total. The number of nitro groups is 1. The van der Waals surface area contributed by atoms with Gasteiger partial charge in [-0.2, -0.15) is 5.26 Å². The van der Waals surface area contributed by atoms with Crippen molar-refractivity contribution >= 4 is 27.6 Å². The maximum Gasteiger partial charge on any atom is 0.273 e. The van der Waals surface area contributed by atoms with E-state index in [0.29, 0.717) is 17.7 Å². The molecule has 0 unspecified atom stereocenters. The Morgan fingerprint density at radius 1 is 1.14 bits per heavy atom. The summed E-state index contributed by atoms with van der Waals surface area (Å²) >= 11 is 0. The van der Waals surface area contributed by atoms with Crippen LogP contribution in [-0.4, -0.2) is 14.1 Å². The molecule has 7 heteroatoms. The highest BCUT2D eigenvalue weighted by atomic mass is 16.6. The molecule has 0 bridgehead atoms. The van der Waals surface area contributed by atoms with Crippen molar-refractivity contribution in [3.63, 3.8) is 0 Å². The van der Waals surface area contributed by atoms with Gasteiger partial charge in [0.25, 0.3) is 11.2 Å². The predicted octanol–water partition coefficient (Wildman–Crippen LogP) is 3.91. The monoisotopic (exact) mass is 370 g/mol. The van der Waals surface area contributed by atoms with Gasteiger partial charge >= 0.3 is 0 Å². The zero-order chi connectivity index (χ0) is 19.8. The minimum absolute atomic E-state index is 0.000953. The van der Waals surface area contributed by atoms with Crippen molar-refractivity contribution in [3.05, 3.63) is 93.3 Å². The molecule has 0 aliphatic heterocycles. The third-order valence-electron chi connectivity index (χ3n) is 4.67. The lowest BCUT2D eigenvalue weighted by molar-refractivity contribution is -0.384. The van der Waals surface area contributed by atoms with E-state index in [1.807, 2.05) is 34.9 Å². The van der Waals surface area contributed by atoms with Gasteiger partial charge in [-0.05, 0) is 24.3 Å². The number of nitriles is 1. The molecule has 2 aromatic carbocycles. The third kappa shape index (κ3) is 2.47. The lowest BCUT2D eigenvalue weighted by Gasteiger charge is -2.10. The molecule has 0 aliphatic carbocycles. The lowest BCUT2D eigenvalue weighted by Crippen LogP contribution is -2.21. The Labute approximate surface area is 159 Å². The molecular formula is C21H14N4O3. The van der Waals surface area contributed by atoms with E-state index in [0.717, 1.165) is 16.4 Å². The average Bonchev–Trinajstić information content (AvgIpc) is 3.01. The summed E-state index contributed by atoms with van der Waals surface area (Å²) < 4.78 is 3.43. The number of para-hydroxylation sites is 1. The Kier molecular flexibility index (Phi) is 4.02. The third-order valence-corrected chi connectivity index (χ3v) is 4.67. The normalized spacial score (nSPS) is 10.8. The van der Waals surface area contributed by atoms with Gasteiger partial charge in [0.1, 0.15) is 11.6 Å². The van der Waals surface area contributed by atoms with Crippen LogP contribution < -0.4 is 5.56 Å². The van der Waals surface area contributed by atoms with Gasteiger partial charge in [-0.1, -0.05) is 24.3 Å². The van der Waals surface area contributed by atoms with Crippen molar-refractivity contribution in [1.29, 1.82) is 5.26 Å². The molecule has 2 aromatic heterocycles. The topological polar surface area (TPSA) is 93.9 Å². The van der Waals surface area contributed by atoms with E-state index in [2.05, 4.69) is 6.58 Å². The summed E-state index contributed by atoms with van der Waals surface area (Å²) in [5.41, 5.74) is 2.19. The maximum atomic E-state index is 13.0. The Balaban J connectivity index is 2.18. The van der Waals surface area contributed by atoms with Gasteiger partial charge in [-0.25, -0.2) is 0 Å². The first kappa shape index (κ1) is 17.2. The largest absolute Gasteiger partial charge is 0.335 e. The number of rotatable bonds is 4. The second-order valence-electron chi connectivity index (χ2n) is 6.23. The van der Waals surface area contributed by atoms with Crippen molar-refractivity contribution < 1.29 is 4.92 Å². The summed E-state index contributed by atoms with van der Waals surface area (Å²) in [6.45, 7) is 4.31. The summed E-state index contributed by atoms with van der Waals surface area (Å²) in [5, 5.41) is 21.3. The number of benzene rings is 2. The molecule has 0 aliphatic rings. The van der Waals surface area contributed by atoms with Crippen LogP contribution in [0.1, 0.15) is 5.56 Å². The smallest absolute Gasteiger partial charge is 0.273 e. The van der Waals surface area contributed by atoms with Crippen LogP contribution in [-0.2, 0) is 6.54 Å². The number of allylic oxidation sites excluding steroid dienone is 1. The average molecular weight is 370 g/mol. The molecule has 0 saturated heterocycles. The van der Waals surface area contributed by atoms with E-state index >= 15 is 0 Å². The second-order valence-corrected chi connectivity index (χ2v) is 6.23. The minimum Gasteiger partial charge on any atom is -0.335 e. The number of hydrogen-bond donors (Lipinski definition) is 0. The first-order valence-corrected chi connectivity index (χ1v) is 8.49. The molecule has 0 N–H and O–H groups in total. The van der Waals surface area contributed by atoms with Crippen molar-refractivity contribution in [3.8, 4) is 11.8 Å². The van der Waals surface area contributed by atoms with Crippen molar-refractivity contribution in [2.24, 2.45) is 0 Å². The van der Waals surface area contributed by atoms with Gasteiger partial charge in [-0.3, -0.25) is 19.5 Å². The molecule has 0 atom stereocenters. The van der Waals surface area contributed by atoms with Gasteiger partial charge in [-0.15, -0.1) is 6.58 Å². The molecule has 0 spiro atoms. The molecule has 0 radical (unpaired) electrons. The van der Waals surface area contributed by atoms with Crippen LogP contribution in [0.4, 0.5) is 5.69 Å². The summed E-state index contributed by atoms with van der Waals surface area (Å²) in [4.78, 5) is 23.5. The Hall–Kier alpha value is -4.18. The highest BCUT2D eigenvalue weighted by molar-refractivity contribution is 6.07. The van der Waals surface area contributed by atoms with Crippen molar-refractivity contribution in [1.82, 2.24) is 9.13 Å². The Bertz CT molecular complexity index is 1360. The summed E-state index contributed by atoms with van der Waals surface area (Å²) in [7, 11) is 0. The van der Waals surface area contributed by atoms with Crippen LogP contribution in [0.5, 0.6) is 0 Å². The summed E-state index contributed by atoms with van der Waals surface area (Å²) in [5.74, 6) is 0.